The molecule has 2 N–H and O–H groups in total. The van der Waals surface area contributed by atoms with Crippen molar-refractivity contribution in [1.29, 1.82) is 0 Å². The van der Waals surface area contributed by atoms with E-state index in [0.29, 0.717) is 24.2 Å². The van der Waals surface area contributed by atoms with Gasteiger partial charge in [0.25, 0.3) is 0 Å². The SMILES string of the molecule is CCCC(N)Cc1nc(C2CN3CCCC3CO2)no1. The van der Waals surface area contributed by atoms with Crippen molar-refractivity contribution < 1.29 is 9.26 Å². The van der Waals surface area contributed by atoms with Crippen LogP contribution in [0.2, 0.25) is 0 Å². The highest BCUT2D eigenvalue weighted by Gasteiger charge is 2.34. The van der Waals surface area contributed by atoms with Crippen molar-refractivity contribution in [3.8, 4) is 0 Å². The maximum atomic E-state index is 6.01. The van der Waals surface area contributed by atoms with Crippen molar-refractivity contribution in [2.75, 3.05) is 19.7 Å². The van der Waals surface area contributed by atoms with E-state index in [4.69, 9.17) is 15.0 Å². The summed E-state index contributed by atoms with van der Waals surface area (Å²) in [5.41, 5.74) is 6.01. The van der Waals surface area contributed by atoms with Gasteiger partial charge in [-0.3, -0.25) is 4.90 Å². The quantitative estimate of drug-likeness (QED) is 0.875. The van der Waals surface area contributed by atoms with Crippen LogP contribution >= 0.6 is 0 Å². The molecule has 0 amide bonds. The molecule has 2 saturated heterocycles. The van der Waals surface area contributed by atoms with Crippen molar-refractivity contribution in [1.82, 2.24) is 15.0 Å². The lowest BCUT2D eigenvalue weighted by Crippen LogP contribution is -2.42. The Kier molecular flexibility index (Phi) is 4.33. The van der Waals surface area contributed by atoms with Crippen molar-refractivity contribution in [2.24, 2.45) is 5.73 Å². The number of nitrogens with zero attached hydrogens (tertiary/aromatic N) is 3. The molecule has 112 valence electrons. The summed E-state index contributed by atoms with van der Waals surface area (Å²) in [5, 5.41) is 4.07. The molecular formula is C14H24N4O2. The fraction of sp³-hybridized carbons (Fsp3) is 0.857. The lowest BCUT2D eigenvalue weighted by Gasteiger charge is -2.33. The van der Waals surface area contributed by atoms with Crippen LogP contribution in [0.25, 0.3) is 0 Å². The Labute approximate surface area is 119 Å². The van der Waals surface area contributed by atoms with Crippen molar-refractivity contribution in [3.63, 3.8) is 0 Å². The van der Waals surface area contributed by atoms with E-state index >= 15 is 0 Å². The van der Waals surface area contributed by atoms with Gasteiger partial charge in [-0.05, 0) is 25.8 Å². The predicted octanol–water partition coefficient (Wildman–Crippen LogP) is 1.28. The number of hydrogen-bond donors (Lipinski definition) is 1. The van der Waals surface area contributed by atoms with E-state index in [1.165, 1.54) is 12.8 Å². The summed E-state index contributed by atoms with van der Waals surface area (Å²) in [4.78, 5) is 6.94. The molecule has 0 aromatic carbocycles. The Balaban J connectivity index is 1.59. The lowest BCUT2D eigenvalue weighted by atomic mass is 10.1. The van der Waals surface area contributed by atoms with Crippen LogP contribution in [0.5, 0.6) is 0 Å². The maximum Gasteiger partial charge on any atom is 0.228 e. The van der Waals surface area contributed by atoms with Crippen LogP contribution in [0.4, 0.5) is 0 Å². The molecule has 2 fully saturated rings. The first-order valence-corrected chi connectivity index (χ1v) is 7.70. The normalized spacial score (nSPS) is 28.5. The topological polar surface area (TPSA) is 77.4 Å². The van der Waals surface area contributed by atoms with E-state index in [1.54, 1.807) is 0 Å². The van der Waals surface area contributed by atoms with Gasteiger partial charge < -0.3 is 15.0 Å². The van der Waals surface area contributed by atoms with Crippen LogP contribution in [0.15, 0.2) is 4.52 Å². The average molecular weight is 280 g/mol. The van der Waals surface area contributed by atoms with E-state index in [2.05, 4.69) is 22.0 Å². The number of fused-ring (bicyclic) bond motifs is 1. The molecule has 3 rings (SSSR count). The molecule has 0 saturated carbocycles. The summed E-state index contributed by atoms with van der Waals surface area (Å²) in [7, 11) is 0. The number of morpholine rings is 1. The highest BCUT2D eigenvalue weighted by Crippen LogP contribution is 2.28. The van der Waals surface area contributed by atoms with Gasteiger partial charge in [-0.2, -0.15) is 4.98 Å². The Morgan fingerprint density at radius 2 is 2.40 bits per heavy atom. The van der Waals surface area contributed by atoms with Crippen LogP contribution < -0.4 is 5.73 Å². The standard InChI is InChI=1S/C14H24N4O2/c1-2-4-10(15)7-13-16-14(17-20-13)12-8-18-6-3-5-11(18)9-19-12/h10-12H,2-9,15H2,1H3. The summed E-state index contributed by atoms with van der Waals surface area (Å²) < 4.78 is 11.2. The monoisotopic (exact) mass is 280 g/mol. The number of nitrogens with two attached hydrogens (primary N) is 1. The molecule has 20 heavy (non-hydrogen) atoms. The Morgan fingerprint density at radius 3 is 3.25 bits per heavy atom. The van der Waals surface area contributed by atoms with Gasteiger partial charge in [-0.25, -0.2) is 0 Å². The highest BCUT2D eigenvalue weighted by atomic mass is 16.5. The summed E-state index contributed by atoms with van der Waals surface area (Å²) in [6.07, 6.45) is 5.17. The van der Waals surface area contributed by atoms with Gasteiger partial charge in [-0.15, -0.1) is 0 Å². The summed E-state index contributed by atoms with van der Waals surface area (Å²) in [5.74, 6) is 1.31. The minimum Gasteiger partial charge on any atom is -0.367 e. The molecule has 0 spiro atoms. The first kappa shape index (κ1) is 14.0. The van der Waals surface area contributed by atoms with Gasteiger partial charge in [0.1, 0.15) is 6.10 Å². The number of rotatable bonds is 5. The second kappa shape index (κ2) is 6.20. The summed E-state index contributed by atoms with van der Waals surface area (Å²) in [6, 6.07) is 0.694. The molecule has 1 aromatic heterocycles. The molecule has 2 aliphatic rings. The first-order chi connectivity index (χ1) is 9.76. The lowest BCUT2D eigenvalue weighted by molar-refractivity contribution is -0.0548. The van der Waals surface area contributed by atoms with Crippen molar-refractivity contribution in [2.45, 2.75) is 57.2 Å². The van der Waals surface area contributed by atoms with Crippen LogP contribution in [0, 0.1) is 0 Å². The smallest absolute Gasteiger partial charge is 0.228 e. The Bertz CT molecular complexity index is 437. The van der Waals surface area contributed by atoms with E-state index in [-0.39, 0.29) is 12.1 Å². The second-order valence-electron chi connectivity index (χ2n) is 5.91. The summed E-state index contributed by atoms with van der Waals surface area (Å²) >= 11 is 0. The Morgan fingerprint density at radius 1 is 1.50 bits per heavy atom. The molecule has 1 aromatic rings. The summed E-state index contributed by atoms with van der Waals surface area (Å²) in [6.45, 7) is 4.95. The van der Waals surface area contributed by atoms with Crippen molar-refractivity contribution in [3.05, 3.63) is 11.7 Å². The van der Waals surface area contributed by atoms with Gasteiger partial charge >= 0.3 is 0 Å². The fourth-order valence-corrected chi connectivity index (χ4v) is 3.15. The van der Waals surface area contributed by atoms with E-state index in [1.807, 2.05) is 0 Å². The van der Waals surface area contributed by atoms with Gasteiger partial charge in [0.05, 0.1) is 6.61 Å². The molecule has 3 atom stereocenters. The third-order valence-electron chi connectivity index (χ3n) is 4.26. The van der Waals surface area contributed by atoms with E-state index in [9.17, 15) is 0 Å². The number of aromatic nitrogens is 2. The molecular weight excluding hydrogens is 256 g/mol. The molecule has 0 radical (unpaired) electrons. The molecule has 2 aliphatic heterocycles. The Hall–Kier alpha value is -0.980. The average Bonchev–Trinajstić information content (AvgIpc) is 3.06. The third kappa shape index (κ3) is 3.02. The largest absolute Gasteiger partial charge is 0.367 e. The molecule has 3 unspecified atom stereocenters. The van der Waals surface area contributed by atoms with Crippen molar-refractivity contribution >= 4 is 0 Å². The molecule has 6 nitrogen and oxygen atoms in total. The van der Waals surface area contributed by atoms with Crippen LogP contribution in [-0.2, 0) is 11.2 Å². The van der Waals surface area contributed by atoms with Crippen LogP contribution in [0.3, 0.4) is 0 Å². The molecule has 0 bridgehead atoms. The van der Waals surface area contributed by atoms with E-state index < -0.39 is 0 Å². The van der Waals surface area contributed by atoms with Crippen LogP contribution in [-0.4, -0.2) is 46.8 Å². The fourth-order valence-electron chi connectivity index (χ4n) is 3.15. The minimum absolute atomic E-state index is 0.0516. The van der Waals surface area contributed by atoms with Gasteiger partial charge in [0.15, 0.2) is 0 Å². The maximum absolute atomic E-state index is 6.01. The van der Waals surface area contributed by atoms with Gasteiger partial charge in [0, 0.05) is 25.0 Å². The number of hydrogen-bond acceptors (Lipinski definition) is 6. The first-order valence-electron chi connectivity index (χ1n) is 7.70. The van der Waals surface area contributed by atoms with E-state index in [0.717, 1.165) is 32.5 Å². The zero-order valence-electron chi connectivity index (χ0n) is 12.1. The molecule has 3 heterocycles. The number of ether oxygens (including phenoxy) is 1. The highest BCUT2D eigenvalue weighted by molar-refractivity contribution is 4.97. The van der Waals surface area contributed by atoms with Gasteiger partial charge in [0.2, 0.25) is 11.7 Å². The zero-order chi connectivity index (χ0) is 13.9. The minimum atomic E-state index is -0.0516. The molecule has 0 aliphatic carbocycles. The van der Waals surface area contributed by atoms with Crippen LogP contribution in [0.1, 0.15) is 50.4 Å². The second-order valence-corrected chi connectivity index (χ2v) is 5.91. The zero-order valence-corrected chi connectivity index (χ0v) is 12.1. The predicted molar refractivity (Wildman–Crippen MR) is 74.2 cm³/mol. The van der Waals surface area contributed by atoms with Gasteiger partial charge in [-0.1, -0.05) is 18.5 Å². The third-order valence-corrected chi connectivity index (χ3v) is 4.26. The molecule has 6 heteroatoms.